The molecule has 0 spiro atoms. The number of anilines is 2. The van der Waals surface area contributed by atoms with Crippen LogP contribution in [0.4, 0.5) is 11.6 Å². The number of β-amino-alcohol motifs (C(OH)–C–C–N with tert-alkyl or cyclic N) is 1. The summed E-state index contributed by atoms with van der Waals surface area (Å²) in [5.41, 5.74) is 8.33. The normalized spacial score (nSPS) is 19.2. The van der Waals surface area contributed by atoms with Crippen molar-refractivity contribution in [2.24, 2.45) is 0 Å². The molecule has 1 aliphatic rings. The lowest BCUT2D eigenvalue weighted by Gasteiger charge is -2.23. The molecule has 9 nitrogen and oxygen atoms in total. The lowest BCUT2D eigenvalue weighted by Crippen LogP contribution is -2.33. The molecule has 0 aliphatic carbocycles. The van der Waals surface area contributed by atoms with Crippen molar-refractivity contribution in [2.75, 3.05) is 36.8 Å². The topological polar surface area (TPSA) is 120 Å². The fourth-order valence-electron chi connectivity index (χ4n) is 3.21. The van der Waals surface area contributed by atoms with Crippen molar-refractivity contribution in [1.82, 2.24) is 29.8 Å². The molecule has 0 radical (unpaired) electrons. The first-order valence-corrected chi connectivity index (χ1v) is 8.19. The molecule has 4 heterocycles. The Kier molecular flexibility index (Phi) is 4.16. The molecule has 4 rings (SSSR count). The number of imidazole rings is 1. The number of nitrogens with zero attached hydrogens (tertiary/aromatic N) is 6. The summed E-state index contributed by atoms with van der Waals surface area (Å²) in [4.78, 5) is 24.2. The fourth-order valence-corrected chi connectivity index (χ4v) is 3.21. The first-order chi connectivity index (χ1) is 12.2. The summed E-state index contributed by atoms with van der Waals surface area (Å²) in [6.45, 7) is 3.26. The lowest BCUT2D eigenvalue weighted by atomic mass is 10.2. The number of aliphatic hydroxyl groups is 1. The van der Waals surface area contributed by atoms with Gasteiger partial charge in [-0.15, -0.1) is 0 Å². The van der Waals surface area contributed by atoms with E-state index in [2.05, 4.69) is 34.7 Å². The second kappa shape index (κ2) is 6.61. The number of nitrogen functional groups attached to an aromatic ring is 1. The van der Waals surface area contributed by atoms with Gasteiger partial charge in [-0.3, -0.25) is 4.90 Å². The minimum atomic E-state index is -0.492. The number of hydrogen-bond donors (Lipinski definition) is 3. The van der Waals surface area contributed by atoms with E-state index in [4.69, 9.17) is 5.73 Å². The van der Waals surface area contributed by atoms with Crippen molar-refractivity contribution in [3.05, 3.63) is 36.5 Å². The van der Waals surface area contributed by atoms with Crippen LogP contribution in [0.2, 0.25) is 0 Å². The smallest absolute Gasteiger partial charge is 0.182 e. The highest BCUT2D eigenvalue weighted by Crippen LogP contribution is 2.22. The van der Waals surface area contributed by atoms with Gasteiger partial charge in [0.1, 0.15) is 17.7 Å². The quantitative estimate of drug-likeness (QED) is 0.610. The largest absolute Gasteiger partial charge is 0.390 e. The van der Waals surface area contributed by atoms with Crippen molar-refractivity contribution in [3.8, 4) is 0 Å². The highest BCUT2D eigenvalue weighted by atomic mass is 16.3. The molecule has 0 unspecified atom stereocenters. The average molecular weight is 340 g/mol. The van der Waals surface area contributed by atoms with Crippen LogP contribution in [-0.2, 0) is 6.54 Å². The Bertz CT molecular complexity index is 866. The van der Waals surface area contributed by atoms with E-state index in [9.17, 15) is 5.11 Å². The Morgan fingerprint density at radius 2 is 2.12 bits per heavy atom. The van der Waals surface area contributed by atoms with Crippen LogP contribution in [0.25, 0.3) is 11.2 Å². The predicted molar refractivity (Wildman–Crippen MR) is 93.8 cm³/mol. The third-order valence-corrected chi connectivity index (χ3v) is 4.41. The molecule has 0 aromatic carbocycles. The van der Waals surface area contributed by atoms with E-state index in [1.807, 2.05) is 12.1 Å². The third kappa shape index (κ3) is 3.24. The molecule has 0 bridgehead atoms. The van der Waals surface area contributed by atoms with Gasteiger partial charge in [0.2, 0.25) is 0 Å². The van der Waals surface area contributed by atoms with Crippen molar-refractivity contribution in [2.45, 2.75) is 12.6 Å². The SMILES string of the molecule is Nc1ncccc1CN1CCN(c2ncnc3nc[nH]c23)C[C@H](O)C1. The van der Waals surface area contributed by atoms with E-state index < -0.39 is 6.10 Å². The lowest BCUT2D eigenvalue weighted by molar-refractivity contribution is 0.129. The number of aliphatic hydroxyl groups excluding tert-OH is 1. The molecule has 9 heteroatoms. The maximum absolute atomic E-state index is 10.5. The number of fused-ring (bicyclic) bond motifs is 1. The van der Waals surface area contributed by atoms with E-state index in [0.717, 1.165) is 30.0 Å². The summed E-state index contributed by atoms with van der Waals surface area (Å²) in [6, 6.07) is 3.85. The standard InChI is InChI=1S/C16H20N8O/c17-14-11(2-1-3-18-14)6-23-4-5-24(8-12(25)7-23)16-13-15(20-9-19-13)21-10-22-16/h1-3,9-10,12,25H,4-8H2,(H2,17,18)(H,19,20,21,22)/t12-/m1/s1. The summed E-state index contributed by atoms with van der Waals surface area (Å²) in [5.74, 6) is 1.30. The average Bonchev–Trinajstić information content (AvgIpc) is 3.01. The van der Waals surface area contributed by atoms with Crippen LogP contribution < -0.4 is 10.6 Å². The number of nitrogens with two attached hydrogens (primary N) is 1. The molecule has 0 amide bonds. The van der Waals surface area contributed by atoms with Crippen LogP contribution in [-0.4, -0.2) is 67.2 Å². The highest BCUT2D eigenvalue weighted by molar-refractivity contribution is 5.82. The molecular weight excluding hydrogens is 320 g/mol. The molecule has 25 heavy (non-hydrogen) atoms. The van der Waals surface area contributed by atoms with E-state index in [1.165, 1.54) is 6.33 Å². The zero-order chi connectivity index (χ0) is 17.2. The van der Waals surface area contributed by atoms with Gasteiger partial charge in [-0.25, -0.2) is 19.9 Å². The van der Waals surface area contributed by atoms with E-state index >= 15 is 0 Å². The maximum atomic E-state index is 10.5. The zero-order valence-corrected chi connectivity index (χ0v) is 13.7. The monoisotopic (exact) mass is 340 g/mol. The summed E-state index contributed by atoms with van der Waals surface area (Å²) in [7, 11) is 0. The minimum Gasteiger partial charge on any atom is -0.390 e. The molecule has 3 aromatic rings. The Balaban J connectivity index is 1.53. The minimum absolute atomic E-state index is 0.492. The van der Waals surface area contributed by atoms with Gasteiger partial charge in [0, 0.05) is 44.5 Å². The Morgan fingerprint density at radius 1 is 1.20 bits per heavy atom. The molecule has 3 aromatic heterocycles. The van der Waals surface area contributed by atoms with Crippen molar-refractivity contribution < 1.29 is 5.11 Å². The van der Waals surface area contributed by atoms with Crippen LogP contribution in [0.1, 0.15) is 5.56 Å². The number of nitrogens with one attached hydrogen (secondary N) is 1. The molecule has 0 saturated carbocycles. The zero-order valence-electron chi connectivity index (χ0n) is 13.7. The van der Waals surface area contributed by atoms with Gasteiger partial charge >= 0.3 is 0 Å². The molecule has 4 N–H and O–H groups in total. The molecule has 1 fully saturated rings. The first kappa shape index (κ1) is 15.7. The summed E-state index contributed by atoms with van der Waals surface area (Å²) in [5, 5.41) is 10.5. The van der Waals surface area contributed by atoms with Crippen LogP contribution in [0.15, 0.2) is 31.0 Å². The van der Waals surface area contributed by atoms with Gasteiger partial charge in [-0.2, -0.15) is 0 Å². The number of pyridine rings is 1. The molecule has 1 atom stereocenters. The van der Waals surface area contributed by atoms with E-state index in [-0.39, 0.29) is 0 Å². The second-order valence-electron chi connectivity index (χ2n) is 6.18. The highest BCUT2D eigenvalue weighted by Gasteiger charge is 2.24. The summed E-state index contributed by atoms with van der Waals surface area (Å²) in [6.07, 6.45) is 4.30. The van der Waals surface area contributed by atoms with Gasteiger partial charge < -0.3 is 20.7 Å². The number of rotatable bonds is 3. The van der Waals surface area contributed by atoms with Gasteiger partial charge in [-0.05, 0) is 6.07 Å². The Morgan fingerprint density at radius 3 is 3.00 bits per heavy atom. The van der Waals surface area contributed by atoms with Gasteiger partial charge in [0.25, 0.3) is 0 Å². The number of hydrogen-bond acceptors (Lipinski definition) is 8. The van der Waals surface area contributed by atoms with Crippen LogP contribution in [0, 0.1) is 0 Å². The number of H-pyrrole nitrogens is 1. The molecule has 130 valence electrons. The number of aromatic amines is 1. The number of aromatic nitrogens is 5. The summed E-state index contributed by atoms with van der Waals surface area (Å²) >= 11 is 0. The maximum Gasteiger partial charge on any atom is 0.182 e. The van der Waals surface area contributed by atoms with Gasteiger partial charge in [0.05, 0.1) is 12.4 Å². The van der Waals surface area contributed by atoms with Crippen LogP contribution in [0.5, 0.6) is 0 Å². The van der Waals surface area contributed by atoms with Crippen molar-refractivity contribution in [1.29, 1.82) is 0 Å². The van der Waals surface area contributed by atoms with Crippen molar-refractivity contribution >= 4 is 22.8 Å². The van der Waals surface area contributed by atoms with Gasteiger partial charge in [-0.1, -0.05) is 6.07 Å². The van der Waals surface area contributed by atoms with E-state index in [1.54, 1.807) is 12.5 Å². The summed E-state index contributed by atoms with van der Waals surface area (Å²) < 4.78 is 0. The Hall–Kier alpha value is -2.78. The molecular formula is C16H20N8O. The predicted octanol–water partition coefficient (Wildman–Crippen LogP) is 0.0132. The third-order valence-electron chi connectivity index (χ3n) is 4.41. The fraction of sp³-hybridized carbons (Fsp3) is 0.375. The molecule has 1 saturated heterocycles. The van der Waals surface area contributed by atoms with Crippen LogP contribution >= 0.6 is 0 Å². The second-order valence-corrected chi connectivity index (χ2v) is 6.18. The van der Waals surface area contributed by atoms with E-state index in [0.29, 0.717) is 31.1 Å². The first-order valence-electron chi connectivity index (χ1n) is 8.19. The Labute approximate surface area is 144 Å². The van der Waals surface area contributed by atoms with Crippen LogP contribution in [0.3, 0.4) is 0 Å². The van der Waals surface area contributed by atoms with Gasteiger partial charge in [0.15, 0.2) is 11.5 Å². The van der Waals surface area contributed by atoms with Crippen molar-refractivity contribution in [3.63, 3.8) is 0 Å². The molecule has 1 aliphatic heterocycles.